The third-order valence-electron chi connectivity index (χ3n) is 9.49. The van der Waals surface area contributed by atoms with Crippen LogP contribution in [0.3, 0.4) is 0 Å². The number of alkyl halides is 6. The predicted octanol–water partition coefficient (Wildman–Crippen LogP) is 6.36. The highest BCUT2D eigenvalue weighted by atomic mass is 35.5. The van der Waals surface area contributed by atoms with E-state index in [0.717, 1.165) is 48.0 Å². The first kappa shape index (κ1) is 48.3. The summed E-state index contributed by atoms with van der Waals surface area (Å²) in [5, 5.41) is 42.4. The van der Waals surface area contributed by atoms with Gasteiger partial charge in [0.15, 0.2) is 0 Å². The average molecular weight is 932 g/mol. The van der Waals surface area contributed by atoms with Gasteiger partial charge in [-0.1, -0.05) is 23.8 Å². The number of hydrogen-bond acceptors (Lipinski definition) is 11. The number of carbonyl (C=O) groups excluding carboxylic acids is 2. The van der Waals surface area contributed by atoms with Crippen molar-refractivity contribution in [1.82, 2.24) is 24.8 Å². The lowest BCUT2D eigenvalue weighted by Gasteiger charge is -2.26. The topological polar surface area (TPSA) is 218 Å². The SMILES string of the molecule is O=C(Nc1ccc(C(F)(F)F)cn1)N1CC=C(c2ncc([C@H](O)CO)cc2Cl)CC1.O=C(Nc1ccc(S(=O)(=O)C(F)(F)F)cc1)N1CC=C(c2ncc([C@H](O)CO)cc2F)CC1. The van der Waals surface area contributed by atoms with Crippen molar-refractivity contribution in [3.05, 3.63) is 118 Å². The second-order valence-electron chi connectivity index (χ2n) is 13.7. The van der Waals surface area contributed by atoms with Crippen LogP contribution in [0.2, 0.25) is 5.02 Å². The van der Waals surface area contributed by atoms with Gasteiger partial charge in [-0.05, 0) is 72.5 Å². The van der Waals surface area contributed by atoms with Crippen LogP contribution >= 0.6 is 11.6 Å². The summed E-state index contributed by atoms with van der Waals surface area (Å²) in [4.78, 5) is 38.5. The van der Waals surface area contributed by atoms with E-state index in [-0.39, 0.29) is 48.8 Å². The number of nitrogens with zero attached hydrogens (tertiary/aromatic N) is 5. The second-order valence-corrected chi connectivity index (χ2v) is 16.1. The lowest BCUT2D eigenvalue weighted by Crippen LogP contribution is -2.38. The van der Waals surface area contributed by atoms with Gasteiger partial charge < -0.3 is 35.5 Å². The van der Waals surface area contributed by atoms with E-state index < -0.39 is 75.3 Å². The maximum Gasteiger partial charge on any atom is 0.501 e. The van der Waals surface area contributed by atoms with Gasteiger partial charge in [0.05, 0.1) is 34.4 Å². The lowest BCUT2D eigenvalue weighted by molar-refractivity contribution is -0.137. The molecule has 2 atom stereocenters. The Morgan fingerprint density at radius 3 is 1.71 bits per heavy atom. The van der Waals surface area contributed by atoms with Gasteiger partial charge in [-0.15, -0.1) is 0 Å². The van der Waals surface area contributed by atoms with Crippen LogP contribution in [0, 0.1) is 5.82 Å². The van der Waals surface area contributed by atoms with Crippen molar-refractivity contribution in [1.29, 1.82) is 0 Å². The van der Waals surface area contributed by atoms with E-state index in [9.17, 15) is 59.0 Å². The van der Waals surface area contributed by atoms with E-state index in [1.165, 1.54) is 28.3 Å². The number of nitrogens with one attached hydrogen (secondary N) is 2. The number of halogens is 8. The van der Waals surface area contributed by atoms with E-state index in [2.05, 4.69) is 25.6 Å². The summed E-state index contributed by atoms with van der Waals surface area (Å²) in [6, 6.07) is 7.07. The maximum atomic E-state index is 14.4. The van der Waals surface area contributed by atoms with Crippen LogP contribution in [0.15, 0.2) is 84.2 Å². The third-order valence-corrected chi connectivity index (χ3v) is 11.3. The summed E-state index contributed by atoms with van der Waals surface area (Å²) in [6.07, 6.45) is 0.632. The predicted molar refractivity (Wildman–Crippen MR) is 213 cm³/mol. The fourth-order valence-corrected chi connectivity index (χ4v) is 7.03. The zero-order chi connectivity index (χ0) is 46.3. The highest BCUT2D eigenvalue weighted by molar-refractivity contribution is 7.92. The normalized spacial score (nSPS) is 15.6. The minimum absolute atomic E-state index is 0.0190. The van der Waals surface area contributed by atoms with Gasteiger partial charge in [0.2, 0.25) is 0 Å². The van der Waals surface area contributed by atoms with Gasteiger partial charge in [0.25, 0.3) is 9.84 Å². The van der Waals surface area contributed by atoms with E-state index in [1.807, 2.05) is 0 Å². The number of sulfone groups is 1. The first-order valence-electron chi connectivity index (χ1n) is 18.5. The summed E-state index contributed by atoms with van der Waals surface area (Å²) in [6.45, 7) is -0.131. The molecule has 0 spiro atoms. The molecule has 0 radical (unpaired) electrons. The number of amides is 4. The Hall–Kier alpha value is -5.72. The Kier molecular flexibility index (Phi) is 15.5. The summed E-state index contributed by atoms with van der Waals surface area (Å²) < 4.78 is 113. The van der Waals surface area contributed by atoms with Gasteiger partial charge in [-0.2, -0.15) is 26.3 Å². The second kappa shape index (κ2) is 20.2. The van der Waals surface area contributed by atoms with Crippen LogP contribution in [0.5, 0.6) is 0 Å². The van der Waals surface area contributed by atoms with Gasteiger partial charge in [-0.3, -0.25) is 15.3 Å². The van der Waals surface area contributed by atoms with Crippen molar-refractivity contribution in [2.45, 2.75) is 41.6 Å². The lowest BCUT2D eigenvalue weighted by atomic mass is 10.0. The minimum atomic E-state index is -5.48. The molecule has 2 aliphatic heterocycles. The first-order chi connectivity index (χ1) is 29.6. The maximum absolute atomic E-state index is 14.4. The van der Waals surface area contributed by atoms with Gasteiger partial charge in [-0.25, -0.2) is 27.4 Å². The molecule has 0 aliphatic carbocycles. The zero-order valence-electron chi connectivity index (χ0n) is 32.4. The quantitative estimate of drug-likeness (QED) is 0.102. The fraction of sp³-hybridized carbons (Fsp3) is 0.308. The summed E-state index contributed by atoms with van der Waals surface area (Å²) in [7, 11) is -5.48. The number of anilines is 2. The molecule has 338 valence electrons. The van der Waals surface area contributed by atoms with Crippen LogP contribution in [0.1, 0.15) is 53.1 Å². The monoisotopic (exact) mass is 931 g/mol. The standard InChI is InChI=1S/C20H19F4N3O5S.C19H18ClF3N4O3/c21-16-9-13(17(29)11-28)10-25-18(16)12-5-7-27(8-6-12)19(30)26-14-1-3-15(4-2-14)33(31,32)20(22,23)24;20-14-7-12(15(29)10-28)8-25-17(14)11-3-5-27(6-4-11)18(30)26-16-2-1-13(9-24-16)19(21,22)23/h1-5,9-10,17,28-29H,6-8,11H2,(H,26,30);1-3,7-9,15,28-29H,4-6,10H2,(H,24,26,30)/t17-;15-/m11/s1. The van der Waals surface area contributed by atoms with Crippen LogP contribution in [-0.2, 0) is 16.0 Å². The molecule has 0 fully saturated rings. The van der Waals surface area contributed by atoms with Crippen molar-refractivity contribution < 1.29 is 69.2 Å². The molecule has 0 saturated carbocycles. The van der Waals surface area contributed by atoms with Crippen molar-refractivity contribution in [2.24, 2.45) is 0 Å². The van der Waals surface area contributed by atoms with E-state index in [0.29, 0.717) is 41.0 Å². The van der Waals surface area contributed by atoms with Crippen LogP contribution < -0.4 is 10.6 Å². The van der Waals surface area contributed by atoms with Crippen LogP contribution in [-0.4, -0.2) is 111 Å². The molecule has 4 aromatic rings. The van der Waals surface area contributed by atoms with Crippen molar-refractivity contribution in [3.63, 3.8) is 0 Å². The average Bonchev–Trinajstić information content (AvgIpc) is 3.25. The summed E-state index contributed by atoms with van der Waals surface area (Å²) >= 11 is 6.24. The number of aliphatic hydroxyl groups excluding tert-OH is 4. The molecule has 2 aliphatic rings. The molecule has 6 rings (SSSR count). The fourth-order valence-electron chi connectivity index (χ4n) is 5.97. The highest BCUT2D eigenvalue weighted by Crippen LogP contribution is 2.33. The molecule has 4 amide bonds. The molecule has 24 heteroatoms. The molecule has 6 N–H and O–H groups in total. The molecule has 3 aromatic heterocycles. The summed E-state index contributed by atoms with van der Waals surface area (Å²) in [5.41, 5.74) is -3.75. The number of benzene rings is 1. The Labute approximate surface area is 359 Å². The Bertz CT molecular complexity index is 2460. The third kappa shape index (κ3) is 12.1. The number of aliphatic hydroxyl groups is 4. The Morgan fingerprint density at radius 1 is 0.746 bits per heavy atom. The van der Waals surface area contributed by atoms with Crippen LogP contribution in [0.4, 0.5) is 51.8 Å². The molecule has 0 unspecified atom stereocenters. The van der Waals surface area contributed by atoms with E-state index in [1.54, 1.807) is 12.2 Å². The van der Waals surface area contributed by atoms with Crippen molar-refractivity contribution in [3.8, 4) is 0 Å². The molecule has 0 bridgehead atoms. The van der Waals surface area contributed by atoms with Crippen molar-refractivity contribution in [2.75, 3.05) is 50.0 Å². The molecular formula is C39H37ClF7N7O8S. The molecule has 1 aromatic carbocycles. The van der Waals surface area contributed by atoms with Gasteiger partial charge >= 0.3 is 23.7 Å². The summed E-state index contributed by atoms with van der Waals surface area (Å²) in [5.74, 6) is -0.663. The minimum Gasteiger partial charge on any atom is -0.393 e. The molecule has 0 saturated heterocycles. The largest absolute Gasteiger partial charge is 0.501 e. The van der Waals surface area contributed by atoms with Crippen LogP contribution in [0.25, 0.3) is 11.1 Å². The Morgan fingerprint density at radius 2 is 1.27 bits per heavy atom. The van der Waals surface area contributed by atoms with Crippen molar-refractivity contribution >= 4 is 56.2 Å². The molecule has 15 nitrogen and oxygen atoms in total. The number of rotatable bonds is 9. The molecule has 5 heterocycles. The number of hydrogen-bond donors (Lipinski definition) is 6. The Balaban J connectivity index is 0.000000239. The molecular weight excluding hydrogens is 895 g/mol. The number of aromatic nitrogens is 3. The smallest absolute Gasteiger partial charge is 0.393 e. The van der Waals surface area contributed by atoms with E-state index >= 15 is 0 Å². The van der Waals surface area contributed by atoms with Gasteiger partial charge in [0, 0.05) is 61.6 Å². The molecule has 63 heavy (non-hydrogen) atoms. The number of pyridine rings is 3. The number of carbonyl (C=O) groups is 2. The zero-order valence-corrected chi connectivity index (χ0v) is 34.0. The highest BCUT2D eigenvalue weighted by Gasteiger charge is 2.46. The first-order valence-corrected chi connectivity index (χ1v) is 20.3. The van der Waals surface area contributed by atoms with Gasteiger partial charge in [0.1, 0.15) is 29.5 Å². The van der Waals surface area contributed by atoms with E-state index in [4.69, 9.17) is 21.8 Å². The number of urea groups is 2.